The molecule has 1 aliphatic rings. The number of carbonyl (C=O) groups is 3. The van der Waals surface area contributed by atoms with E-state index in [0.29, 0.717) is 36.5 Å². The third kappa shape index (κ3) is 4.71. The summed E-state index contributed by atoms with van der Waals surface area (Å²) in [5.74, 6) is -1.37. The molecule has 130 valence electrons. The molecule has 1 heterocycles. The van der Waals surface area contributed by atoms with Gasteiger partial charge in [-0.2, -0.15) is 0 Å². The molecular formula is C17H21ClN2O4. The van der Waals surface area contributed by atoms with Gasteiger partial charge in [0, 0.05) is 36.6 Å². The molecule has 0 aliphatic carbocycles. The fourth-order valence-corrected chi connectivity index (χ4v) is 3.23. The van der Waals surface area contributed by atoms with Gasteiger partial charge in [-0.1, -0.05) is 17.7 Å². The van der Waals surface area contributed by atoms with Crippen molar-refractivity contribution in [1.29, 1.82) is 0 Å². The third-order valence-electron chi connectivity index (χ3n) is 4.21. The number of halogens is 1. The zero-order chi connectivity index (χ0) is 17.7. The van der Waals surface area contributed by atoms with Crippen LogP contribution in [0.25, 0.3) is 0 Å². The van der Waals surface area contributed by atoms with E-state index in [1.165, 1.54) is 11.8 Å². The van der Waals surface area contributed by atoms with Gasteiger partial charge in [0.2, 0.25) is 5.91 Å². The average Bonchev–Trinajstić information content (AvgIpc) is 2.77. The van der Waals surface area contributed by atoms with Crippen LogP contribution in [0.15, 0.2) is 24.3 Å². The molecule has 1 aliphatic heterocycles. The molecule has 1 N–H and O–H groups in total. The number of hydrogen-bond acceptors (Lipinski definition) is 3. The van der Waals surface area contributed by atoms with E-state index >= 15 is 0 Å². The first-order valence-electron chi connectivity index (χ1n) is 7.92. The molecule has 0 aromatic heterocycles. The second-order valence-electron chi connectivity index (χ2n) is 5.93. The Kier molecular flexibility index (Phi) is 6.20. The zero-order valence-electron chi connectivity index (χ0n) is 13.6. The second-order valence-corrected chi connectivity index (χ2v) is 6.36. The van der Waals surface area contributed by atoms with Crippen molar-refractivity contribution in [2.24, 2.45) is 0 Å². The van der Waals surface area contributed by atoms with E-state index in [-0.39, 0.29) is 24.4 Å². The SMILES string of the molecule is CC(=O)N(CC(=O)O)[C@@H]1CCCN(C(=O)c2cccc(Cl)c2)CC1. The topological polar surface area (TPSA) is 77.9 Å². The number of carboxylic acid groups (broad SMARTS) is 1. The highest BCUT2D eigenvalue weighted by atomic mass is 35.5. The van der Waals surface area contributed by atoms with Gasteiger partial charge >= 0.3 is 5.97 Å². The number of aliphatic carboxylic acids is 1. The largest absolute Gasteiger partial charge is 0.480 e. The van der Waals surface area contributed by atoms with Gasteiger partial charge in [0.1, 0.15) is 6.54 Å². The van der Waals surface area contributed by atoms with Gasteiger partial charge in [0.05, 0.1) is 0 Å². The molecular weight excluding hydrogens is 332 g/mol. The maximum atomic E-state index is 12.6. The summed E-state index contributed by atoms with van der Waals surface area (Å²) in [5.41, 5.74) is 0.537. The van der Waals surface area contributed by atoms with Crippen molar-refractivity contribution in [1.82, 2.24) is 9.80 Å². The number of hydrogen-bond donors (Lipinski definition) is 1. The van der Waals surface area contributed by atoms with Gasteiger partial charge in [-0.3, -0.25) is 14.4 Å². The average molecular weight is 353 g/mol. The molecule has 7 heteroatoms. The van der Waals surface area contributed by atoms with Crippen LogP contribution in [0.3, 0.4) is 0 Å². The summed E-state index contributed by atoms with van der Waals surface area (Å²) in [7, 11) is 0. The molecule has 0 spiro atoms. The van der Waals surface area contributed by atoms with Crippen molar-refractivity contribution in [3.05, 3.63) is 34.9 Å². The van der Waals surface area contributed by atoms with Crippen LogP contribution in [0, 0.1) is 0 Å². The summed E-state index contributed by atoms with van der Waals surface area (Å²) in [4.78, 5) is 38.4. The van der Waals surface area contributed by atoms with Crippen molar-refractivity contribution >= 4 is 29.4 Å². The maximum absolute atomic E-state index is 12.6. The number of amides is 2. The van der Waals surface area contributed by atoms with Crippen LogP contribution in [-0.4, -0.2) is 58.4 Å². The molecule has 1 fully saturated rings. The lowest BCUT2D eigenvalue weighted by atomic mass is 10.1. The summed E-state index contributed by atoms with van der Waals surface area (Å²) >= 11 is 5.94. The van der Waals surface area contributed by atoms with E-state index in [9.17, 15) is 14.4 Å². The van der Waals surface area contributed by atoms with E-state index in [1.807, 2.05) is 0 Å². The normalized spacial score (nSPS) is 17.9. The molecule has 1 atom stereocenters. The molecule has 0 unspecified atom stereocenters. The molecule has 1 aromatic rings. The summed E-state index contributed by atoms with van der Waals surface area (Å²) in [5, 5.41) is 9.49. The van der Waals surface area contributed by atoms with E-state index in [2.05, 4.69) is 0 Å². The highest BCUT2D eigenvalue weighted by Crippen LogP contribution is 2.20. The molecule has 24 heavy (non-hydrogen) atoms. The van der Waals surface area contributed by atoms with E-state index in [1.54, 1.807) is 29.2 Å². The standard InChI is InChI=1S/C17H21ClN2O4/c1-12(21)20(11-16(22)23)15-6-3-8-19(9-7-15)17(24)13-4-2-5-14(18)10-13/h2,4-5,10,15H,3,6-9,11H2,1H3,(H,22,23)/t15-/m1/s1. The lowest BCUT2D eigenvalue weighted by molar-refractivity contribution is -0.145. The Morgan fingerprint density at radius 1 is 1.29 bits per heavy atom. The quantitative estimate of drug-likeness (QED) is 0.901. The predicted octanol–water partition coefficient (Wildman–Crippen LogP) is 2.27. The van der Waals surface area contributed by atoms with E-state index in [0.717, 1.165) is 6.42 Å². The Labute approximate surface area is 146 Å². The van der Waals surface area contributed by atoms with Crippen LogP contribution in [0.2, 0.25) is 5.02 Å². The van der Waals surface area contributed by atoms with Gasteiger partial charge in [-0.25, -0.2) is 0 Å². The molecule has 6 nitrogen and oxygen atoms in total. The van der Waals surface area contributed by atoms with Gasteiger partial charge < -0.3 is 14.9 Å². The minimum Gasteiger partial charge on any atom is -0.480 e. The van der Waals surface area contributed by atoms with Crippen molar-refractivity contribution in [3.8, 4) is 0 Å². The Balaban J connectivity index is 2.05. The Bertz CT molecular complexity index is 635. The fraction of sp³-hybridized carbons (Fsp3) is 0.471. The first-order chi connectivity index (χ1) is 11.4. The summed E-state index contributed by atoms with van der Waals surface area (Å²) in [6, 6.07) is 6.66. The Hall–Kier alpha value is -2.08. The molecule has 2 rings (SSSR count). The number of nitrogens with zero attached hydrogens (tertiary/aromatic N) is 2. The zero-order valence-corrected chi connectivity index (χ0v) is 14.3. The van der Waals surface area contributed by atoms with Crippen LogP contribution < -0.4 is 0 Å². The Morgan fingerprint density at radius 2 is 2.04 bits per heavy atom. The van der Waals surface area contributed by atoms with Crippen molar-refractivity contribution in [2.75, 3.05) is 19.6 Å². The lowest BCUT2D eigenvalue weighted by Crippen LogP contribution is -2.43. The molecule has 1 saturated heterocycles. The minimum atomic E-state index is -1.03. The van der Waals surface area contributed by atoms with Crippen LogP contribution >= 0.6 is 11.6 Å². The maximum Gasteiger partial charge on any atom is 0.323 e. The fourth-order valence-electron chi connectivity index (χ4n) is 3.04. The van der Waals surface area contributed by atoms with Crippen LogP contribution in [0.1, 0.15) is 36.5 Å². The van der Waals surface area contributed by atoms with Crippen molar-refractivity contribution in [2.45, 2.75) is 32.2 Å². The summed E-state index contributed by atoms with van der Waals surface area (Å²) in [6.45, 7) is 2.14. The molecule has 0 radical (unpaired) electrons. The monoisotopic (exact) mass is 352 g/mol. The molecule has 0 bridgehead atoms. The molecule has 0 saturated carbocycles. The first kappa shape index (κ1) is 18.3. The van der Waals surface area contributed by atoms with Gasteiger partial charge in [-0.15, -0.1) is 0 Å². The smallest absolute Gasteiger partial charge is 0.323 e. The Morgan fingerprint density at radius 3 is 2.67 bits per heavy atom. The second kappa shape index (κ2) is 8.15. The van der Waals surface area contributed by atoms with Crippen molar-refractivity contribution < 1.29 is 19.5 Å². The third-order valence-corrected chi connectivity index (χ3v) is 4.44. The number of carboxylic acids is 1. The van der Waals surface area contributed by atoms with Crippen molar-refractivity contribution in [3.63, 3.8) is 0 Å². The van der Waals surface area contributed by atoms with Crippen LogP contribution in [-0.2, 0) is 9.59 Å². The van der Waals surface area contributed by atoms with E-state index in [4.69, 9.17) is 16.7 Å². The highest BCUT2D eigenvalue weighted by molar-refractivity contribution is 6.30. The number of likely N-dealkylation sites (tertiary alicyclic amines) is 1. The van der Waals surface area contributed by atoms with Gasteiger partial charge in [0.15, 0.2) is 0 Å². The highest BCUT2D eigenvalue weighted by Gasteiger charge is 2.27. The van der Waals surface area contributed by atoms with Gasteiger partial charge in [0.25, 0.3) is 5.91 Å². The number of benzene rings is 1. The lowest BCUT2D eigenvalue weighted by Gasteiger charge is -2.28. The first-order valence-corrected chi connectivity index (χ1v) is 8.30. The molecule has 2 amide bonds. The minimum absolute atomic E-state index is 0.0919. The van der Waals surface area contributed by atoms with Crippen LogP contribution in [0.4, 0.5) is 0 Å². The molecule has 1 aromatic carbocycles. The number of carbonyl (C=O) groups excluding carboxylic acids is 2. The summed E-state index contributed by atoms with van der Waals surface area (Å²) < 4.78 is 0. The van der Waals surface area contributed by atoms with Crippen LogP contribution in [0.5, 0.6) is 0 Å². The van der Waals surface area contributed by atoms with Gasteiger partial charge in [-0.05, 0) is 37.5 Å². The predicted molar refractivity (Wildman–Crippen MR) is 90.0 cm³/mol. The number of rotatable bonds is 4. The summed E-state index contributed by atoms with van der Waals surface area (Å²) in [6.07, 6.45) is 1.98. The van der Waals surface area contributed by atoms with E-state index < -0.39 is 5.97 Å².